The molecule has 5 nitrogen and oxygen atoms in total. The third-order valence-corrected chi connectivity index (χ3v) is 5.47. The average Bonchev–Trinajstić information content (AvgIpc) is 3.19. The molecule has 0 amide bonds. The van der Waals surface area contributed by atoms with E-state index < -0.39 is 0 Å². The molecule has 0 radical (unpaired) electrons. The van der Waals surface area contributed by atoms with Gasteiger partial charge in [-0.2, -0.15) is 10.5 Å². The van der Waals surface area contributed by atoms with Gasteiger partial charge in [-0.3, -0.25) is 4.79 Å². The Hall–Kier alpha value is -4.61. The number of hydrogen-bond acceptors (Lipinski definition) is 5. The zero-order chi connectivity index (χ0) is 23.5. The molecular weight excluding hydrogens is 410 g/mol. The average molecular weight is 431 g/mol. The molecule has 3 aromatic carbocycles. The minimum Gasteiger partial charge on any atom is -0.456 e. The molecule has 0 aliphatic rings. The predicted octanol–water partition coefficient (Wildman–Crippen LogP) is 5.95. The molecule has 0 aliphatic carbocycles. The van der Waals surface area contributed by atoms with E-state index in [2.05, 4.69) is 0 Å². The number of fused-ring (bicyclic) bond motifs is 1. The van der Waals surface area contributed by atoms with E-state index in [1.807, 2.05) is 80.5 Å². The first kappa shape index (κ1) is 21.6. The number of anilines is 1. The maximum absolute atomic E-state index is 13.5. The second-order valence-electron chi connectivity index (χ2n) is 7.97. The molecule has 0 fully saturated rings. The van der Waals surface area contributed by atoms with E-state index in [4.69, 9.17) is 4.42 Å². The lowest BCUT2D eigenvalue weighted by Crippen LogP contribution is -2.07. The summed E-state index contributed by atoms with van der Waals surface area (Å²) in [7, 11) is 3.96. The van der Waals surface area contributed by atoms with Crippen molar-refractivity contribution in [3.05, 3.63) is 99.8 Å². The molecule has 4 aromatic rings. The Labute approximate surface area is 192 Å². The summed E-state index contributed by atoms with van der Waals surface area (Å²) in [4.78, 5) is 15.5. The molecule has 0 spiro atoms. The number of rotatable bonds is 5. The fourth-order valence-electron chi connectivity index (χ4n) is 3.60. The Morgan fingerprint density at radius 1 is 0.909 bits per heavy atom. The van der Waals surface area contributed by atoms with Crippen LogP contribution >= 0.6 is 0 Å². The van der Waals surface area contributed by atoms with E-state index in [9.17, 15) is 15.3 Å². The van der Waals surface area contributed by atoms with Gasteiger partial charge in [0.25, 0.3) is 0 Å². The maximum atomic E-state index is 13.5. The molecule has 0 atom stereocenters. The monoisotopic (exact) mass is 431 g/mol. The summed E-state index contributed by atoms with van der Waals surface area (Å²) in [5, 5.41) is 19.4. The number of carbonyl (C=O) groups is 1. The van der Waals surface area contributed by atoms with E-state index in [1.165, 1.54) is 6.07 Å². The van der Waals surface area contributed by atoms with Crippen LogP contribution in [-0.4, -0.2) is 19.9 Å². The topological polar surface area (TPSA) is 81.0 Å². The summed E-state index contributed by atoms with van der Waals surface area (Å²) in [5.41, 5.74) is 4.79. The number of nitrogens with zero attached hydrogens (tertiary/aromatic N) is 3. The highest BCUT2D eigenvalue weighted by atomic mass is 16.3. The van der Waals surface area contributed by atoms with Gasteiger partial charge < -0.3 is 9.32 Å². The zero-order valence-corrected chi connectivity index (χ0v) is 18.6. The first-order valence-corrected chi connectivity index (χ1v) is 10.4. The SMILES string of the molecule is Cc1ccc(C(=O)c2c(/C=C/c3ccc(N(C)C)cc3)oc3cc(C#N)c(C#N)cc23)cc1. The zero-order valence-electron chi connectivity index (χ0n) is 18.6. The van der Waals surface area contributed by atoms with Crippen LogP contribution in [0.3, 0.4) is 0 Å². The van der Waals surface area contributed by atoms with E-state index in [0.29, 0.717) is 27.9 Å². The van der Waals surface area contributed by atoms with Gasteiger partial charge in [-0.1, -0.05) is 48.0 Å². The van der Waals surface area contributed by atoms with Crippen molar-refractivity contribution >= 4 is 34.6 Å². The van der Waals surface area contributed by atoms with Crippen LogP contribution < -0.4 is 4.90 Å². The van der Waals surface area contributed by atoms with Crippen molar-refractivity contribution in [2.75, 3.05) is 19.0 Å². The van der Waals surface area contributed by atoms with Gasteiger partial charge in [0, 0.05) is 36.8 Å². The molecule has 5 heteroatoms. The van der Waals surface area contributed by atoms with Crippen molar-refractivity contribution < 1.29 is 9.21 Å². The van der Waals surface area contributed by atoms with Gasteiger partial charge >= 0.3 is 0 Å². The smallest absolute Gasteiger partial charge is 0.197 e. The molecule has 4 rings (SSSR count). The van der Waals surface area contributed by atoms with Crippen molar-refractivity contribution in [1.82, 2.24) is 0 Å². The molecule has 0 saturated heterocycles. The fraction of sp³-hybridized carbons (Fsp3) is 0.107. The Bertz CT molecular complexity index is 1460. The maximum Gasteiger partial charge on any atom is 0.197 e. The molecule has 0 aliphatic heterocycles. The number of aryl methyl sites for hydroxylation is 1. The summed E-state index contributed by atoms with van der Waals surface area (Å²) in [5.74, 6) is 0.177. The third kappa shape index (κ3) is 4.26. The van der Waals surface area contributed by atoms with Crippen molar-refractivity contribution in [1.29, 1.82) is 10.5 Å². The molecule has 1 heterocycles. The molecule has 160 valence electrons. The van der Waals surface area contributed by atoms with Gasteiger partial charge in [0.1, 0.15) is 23.5 Å². The van der Waals surface area contributed by atoms with Crippen LogP contribution in [-0.2, 0) is 0 Å². The van der Waals surface area contributed by atoms with Gasteiger partial charge in [-0.25, -0.2) is 0 Å². The Balaban J connectivity index is 1.86. The van der Waals surface area contributed by atoms with E-state index in [0.717, 1.165) is 16.8 Å². The van der Waals surface area contributed by atoms with E-state index >= 15 is 0 Å². The first-order valence-electron chi connectivity index (χ1n) is 10.4. The summed E-state index contributed by atoms with van der Waals surface area (Å²) < 4.78 is 6.01. The molecule has 0 unspecified atom stereocenters. The largest absolute Gasteiger partial charge is 0.456 e. The van der Waals surface area contributed by atoms with Crippen molar-refractivity contribution in [2.24, 2.45) is 0 Å². The molecular formula is C28H21N3O2. The molecule has 0 bridgehead atoms. The number of furan rings is 1. The Morgan fingerprint density at radius 2 is 1.55 bits per heavy atom. The quantitative estimate of drug-likeness (QED) is 0.365. The molecule has 33 heavy (non-hydrogen) atoms. The number of benzene rings is 3. The molecule has 0 N–H and O–H groups in total. The lowest BCUT2D eigenvalue weighted by atomic mass is 9.97. The lowest BCUT2D eigenvalue weighted by molar-refractivity contribution is 0.103. The minimum absolute atomic E-state index is 0.204. The van der Waals surface area contributed by atoms with Crippen molar-refractivity contribution in [3.63, 3.8) is 0 Å². The van der Waals surface area contributed by atoms with E-state index in [-0.39, 0.29) is 16.9 Å². The van der Waals surface area contributed by atoms with Crippen LogP contribution in [0.2, 0.25) is 0 Å². The third-order valence-electron chi connectivity index (χ3n) is 5.47. The highest BCUT2D eigenvalue weighted by Gasteiger charge is 2.22. The van der Waals surface area contributed by atoms with Crippen LogP contribution in [0.15, 0.2) is 65.1 Å². The lowest BCUT2D eigenvalue weighted by Gasteiger charge is -2.11. The summed E-state index contributed by atoms with van der Waals surface area (Å²) in [6.07, 6.45) is 3.63. The van der Waals surface area contributed by atoms with Crippen LogP contribution in [0, 0.1) is 29.6 Å². The second kappa shape index (κ2) is 8.86. The number of carbonyl (C=O) groups excluding carboxylic acids is 1. The summed E-state index contributed by atoms with van der Waals surface area (Å²) in [6, 6.07) is 22.4. The highest BCUT2D eigenvalue weighted by molar-refractivity contribution is 6.18. The second-order valence-corrected chi connectivity index (χ2v) is 7.97. The summed E-state index contributed by atoms with van der Waals surface area (Å²) >= 11 is 0. The van der Waals surface area contributed by atoms with Crippen LogP contribution in [0.4, 0.5) is 5.69 Å². The van der Waals surface area contributed by atoms with Gasteiger partial charge in [0.05, 0.1) is 16.7 Å². The van der Waals surface area contributed by atoms with Crippen molar-refractivity contribution in [3.8, 4) is 12.1 Å². The Morgan fingerprint density at radius 3 is 2.15 bits per heavy atom. The Kier molecular flexibility index (Phi) is 5.81. The first-order chi connectivity index (χ1) is 15.9. The van der Waals surface area contributed by atoms with Crippen molar-refractivity contribution in [2.45, 2.75) is 6.92 Å². The predicted molar refractivity (Wildman–Crippen MR) is 130 cm³/mol. The van der Waals surface area contributed by atoms with Crippen LogP contribution in [0.1, 0.15) is 43.9 Å². The number of nitriles is 2. The van der Waals surface area contributed by atoms with Gasteiger partial charge in [-0.15, -0.1) is 0 Å². The molecule has 0 saturated carbocycles. The fourth-order valence-corrected chi connectivity index (χ4v) is 3.60. The van der Waals surface area contributed by atoms with Crippen LogP contribution in [0.5, 0.6) is 0 Å². The molecule has 1 aromatic heterocycles. The van der Waals surface area contributed by atoms with Gasteiger partial charge in [-0.05, 0) is 36.8 Å². The normalized spacial score (nSPS) is 10.8. The van der Waals surface area contributed by atoms with E-state index in [1.54, 1.807) is 24.3 Å². The number of ketones is 1. The van der Waals surface area contributed by atoms with Gasteiger partial charge in [0.2, 0.25) is 0 Å². The minimum atomic E-state index is -0.204. The standard InChI is InChI=1S/C28H21N3O2/c1-18-4-9-20(10-5-18)28(32)27-24-14-21(16-29)22(17-30)15-26(24)33-25(27)13-8-19-6-11-23(12-7-19)31(2)3/h4-15H,1-3H3/b13-8+. The summed E-state index contributed by atoms with van der Waals surface area (Å²) in [6.45, 7) is 1.96. The highest BCUT2D eigenvalue weighted by Crippen LogP contribution is 2.32. The van der Waals surface area contributed by atoms with Crippen LogP contribution in [0.25, 0.3) is 23.1 Å². The van der Waals surface area contributed by atoms with Gasteiger partial charge in [0.15, 0.2) is 5.78 Å². The number of hydrogen-bond donors (Lipinski definition) is 0.